The van der Waals surface area contributed by atoms with E-state index in [4.69, 9.17) is 0 Å². The van der Waals surface area contributed by atoms with E-state index in [1.54, 1.807) is 36.9 Å². The maximum Gasteiger partial charge on any atom is 0.255 e. The lowest BCUT2D eigenvalue weighted by molar-refractivity contribution is -0.129. The second-order valence-corrected chi connectivity index (χ2v) is 8.66. The van der Waals surface area contributed by atoms with E-state index in [0.717, 1.165) is 5.56 Å². The highest BCUT2D eigenvalue weighted by atomic mass is 32.2. The Morgan fingerprint density at radius 1 is 1.07 bits per heavy atom. The van der Waals surface area contributed by atoms with Crippen LogP contribution in [0.4, 0.5) is 5.69 Å². The van der Waals surface area contributed by atoms with Crippen LogP contribution >= 0.6 is 0 Å². The number of nitrogens with one attached hydrogen (secondary N) is 2. The number of carbonyl (C=O) groups excluding carboxylic acids is 2. The van der Waals surface area contributed by atoms with Gasteiger partial charge in [-0.3, -0.25) is 9.59 Å². The van der Waals surface area contributed by atoms with E-state index in [-0.39, 0.29) is 22.4 Å². The predicted octanol–water partition coefficient (Wildman–Crippen LogP) is 2.99. The molecule has 0 aromatic heterocycles. The summed E-state index contributed by atoms with van der Waals surface area (Å²) in [5.74, 6) is -0.478. The zero-order chi connectivity index (χ0) is 21.6. The maximum atomic E-state index is 12.7. The smallest absolute Gasteiger partial charge is 0.255 e. The van der Waals surface area contributed by atoms with Crippen molar-refractivity contribution in [1.82, 2.24) is 9.62 Å². The number of amides is 2. The van der Waals surface area contributed by atoms with Crippen LogP contribution in [0.25, 0.3) is 0 Å². The Kier molecular flexibility index (Phi) is 7.53. The second-order valence-electron chi connectivity index (χ2n) is 6.95. The number of benzene rings is 2. The molecule has 0 aliphatic carbocycles. The molecule has 0 heterocycles. The number of hydrogen-bond acceptors (Lipinski definition) is 4. The fourth-order valence-corrected chi connectivity index (χ4v) is 4.11. The van der Waals surface area contributed by atoms with E-state index in [1.807, 2.05) is 19.1 Å². The summed E-state index contributed by atoms with van der Waals surface area (Å²) in [5.41, 5.74) is 1.60. The molecule has 2 aromatic rings. The zero-order valence-electron chi connectivity index (χ0n) is 17.1. The molecule has 7 nitrogen and oxygen atoms in total. The predicted molar refractivity (Wildman–Crippen MR) is 113 cm³/mol. The van der Waals surface area contributed by atoms with Gasteiger partial charge in [0.15, 0.2) is 0 Å². The molecule has 2 N–H and O–H groups in total. The monoisotopic (exact) mass is 417 g/mol. The van der Waals surface area contributed by atoms with E-state index in [0.29, 0.717) is 18.8 Å². The van der Waals surface area contributed by atoms with Gasteiger partial charge >= 0.3 is 0 Å². The average Bonchev–Trinajstić information content (AvgIpc) is 2.66. The molecule has 0 radical (unpaired) electrons. The van der Waals surface area contributed by atoms with Crippen molar-refractivity contribution in [2.75, 3.05) is 11.9 Å². The molecule has 0 atom stereocenters. The Morgan fingerprint density at radius 2 is 1.76 bits per heavy atom. The van der Waals surface area contributed by atoms with Gasteiger partial charge in [-0.25, -0.2) is 13.1 Å². The number of hydrogen-bond donors (Lipinski definition) is 2. The minimum absolute atomic E-state index is 0.0286. The van der Waals surface area contributed by atoms with Crippen LogP contribution in [0.15, 0.2) is 53.4 Å². The quantitative estimate of drug-likeness (QED) is 0.690. The molecule has 8 heteroatoms. The fraction of sp³-hybridized carbons (Fsp3) is 0.333. The van der Waals surface area contributed by atoms with Crippen molar-refractivity contribution in [2.24, 2.45) is 0 Å². The highest BCUT2D eigenvalue weighted by molar-refractivity contribution is 7.89. The van der Waals surface area contributed by atoms with E-state index in [9.17, 15) is 18.0 Å². The first kappa shape index (κ1) is 22.6. The molecule has 2 amide bonds. The zero-order valence-corrected chi connectivity index (χ0v) is 17.9. The summed E-state index contributed by atoms with van der Waals surface area (Å²) in [4.78, 5) is 26.2. The Balaban J connectivity index is 2.26. The molecule has 0 bridgehead atoms. The summed E-state index contributed by atoms with van der Waals surface area (Å²) < 4.78 is 27.2. The van der Waals surface area contributed by atoms with Crippen molar-refractivity contribution in [3.05, 3.63) is 59.7 Å². The maximum absolute atomic E-state index is 12.7. The van der Waals surface area contributed by atoms with Crippen LogP contribution in [0.5, 0.6) is 0 Å². The van der Waals surface area contributed by atoms with Gasteiger partial charge in [0.1, 0.15) is 0 Å². The van der Waals surface area contributed by atoms with Crippen molar-refractivity contribution in [3.8, 4) is 0 Å². The van der Waals surface area contributed by atoms with Crippen LogP contribution in [0.1, 0.15) is 43.6 Å². The van der Waals surface area contributed by atoms with Crippen molar-refractivity contribution in [2.45, 2.75) is 45.2 Å². The Hall–Kier alpha value is -2.71. The van der Waals surface area contributed by atoms with Crippen LogP contribution in [-0.2, 0) is 21.4 Å². The van der Waals surface area contributed by atoms with Crippen LogP contribution in [0.3, 0.4) is 0 Å². The third kappa shape index (κ3) is 6.13. The van der Waals surface area contributed by atoms with Crippen LogP contribution in [0.2, 0.25) is 0 Å². The van der Waals surface area contributed by atoms with Gasteiger partial charge in [-0.05, 0) is 50.6 Å². The van der Waals surface area contributed by atoms with Gasteiger partial charge in [0, 0.05) is 37.3 Å². The van der Waals surface area contributed by atoms with Gasteiger partial charge < -0.3 is 10.2 Å². The molecule has 2 aromatic carbocycles. The molecule has 156 valence electrons. The van der Waals surface area contributed by atoms with Crippen molar-refractivity contribution in [3.63, 3.8) is 0 Å². The molecule has 0 spiro atoms. The second kappa shape index (κ2) is 9.67. The first-order valence-electron chi connectivity index (χ1n) is 9.41. The lowest BCUT2D eigenvalue weighted by Crippen LogP contribution is -2.30. The van der Waals surface area contributed by atoms with Crippen molar-refractivity contribution in [1.29, 1.82) is 0 Å². The Morgan fingerprint density at radius 3 is 2.38 bits per heavy atom. The van der Waals surface area contributed by atoms with E-state index < -0.39 is 15.9 Å². The third-order valence-corrected chi connectivity index (χ3v) is 5.91. The molecule has 29 heavy (non-hydrogen) atoms. The molecule has 0 aliphatic heterocycles. The molecular weight excluding hydrogens is 390 g/mol. The summed E-state index contributed by atoms with van der Waals surface area (Å²) in [6.45, 7) is 7.77. The largest absolute Gasteiger partial charge is 0.339 e. The minimum Gasteiger partial charge on any atom is -0.339 e. The number of para-hydroxylation sites is 1. The Labute approximate surface area is 172 Å². The molecule has 0 aliphatic rings. The molecule has 0 unspecified atom stereocenters. The van der Waals surface area contributed by atoms with Crippen LogP contribution in [-0.4, -0.2) is 37.7 Å². The molecule has 0 fully saturated rings. The lowest BCUT2D eigenvalue weighted by atomic mass is 10.1. The number of sulfonamides is 1. The van der Waals surface area contributed by atoms with E-state index in [2.05, 4.69) is 10.0 Å². The first-order valence-corrected chi connectivity index (χ1v) is 10.9. The number of carbonyl (C=O) groups is 2. The third-order valence-electron chi connectivity index (χ3n) is 4.25. The van der Waals surface area contributed by atoms with Gasteiger partial charge in [0.25, 0.3) is 5.91 Å². The highest BCUT2D eigenvalue weighted by Gasteiger charge is 2.18. The van der Waals surface area contributed by atoms with Gasteiger partial charge in [-0.2, -0.15) is 0 Å². The number of rotatable bonds is 8. The normalized spacial score (nSPS) is 11.3. The summed E-state index contributed by atoms with van der Waals surface area (Å²) in [5, 5.41) is 2.82. The van der Waals surface area contributed by atoms with Gasteiger partial charge in [-0.15, -0.1) is 0 Å². The minimum atomic E-state index is -3.70. The lowest BCUT2D eigenvalue weighted by Gasteiger charge is -2.21. The first-order chi connectivity index (χ1) is 13.6. The van der Waals surface area contributed by atoms with Gasteiger partial charge in [0.05, 0.1) is 4.90 Å². The van der Waals surface area contributed by atoms with Gasteiger partial charge in [0.2, 0.25) is 15.9 Å². The number of anilines is 1. The summed E-state index contributed by atoms with van der Waals surface area (Å²) in [7, 11) is -3.70. The molecule has 0 saturated heterocycles. The summed E-state index contributed by atoms with van der Waals surface area (Å²) in [6, 6.07) is 12.8. The van der Waals surface area contributed by atoms with E-state index in [1.165, 1.54) is 25.1 Å². The topological polar surface area (TPSA) is 95.6 Å². The van der Waals surface area contributed by atoms with Crippen LogP contribution in [0, 0.1) is 0 Å². The summed E-state index contributed by atoms with van der Waals surface area (Å²) >= 11 is 0. The van der Waals surface area contributed by atoms with Crippen molar-refractivity contribution < 1.29 is 18.0 Å². The highest BCUT2D eigenvalue weighted by Crippen LogP contribution is 2.19. The molecule has 0 saturated carbocycles. The fourth-order valence-electron chi connectivity index (χ4n) is 2.81. The standard InChI is InChI=1S/C21H27N3O4S/c1-5-24(16(4)25)14-18-9-6-7-12-20(18)22-21(26)17-10-8-11-19(13-17)29(27,28)23-15(2)3/h6-13,15,23H,5,14H2,1-4H3,(H,22,26). The van der Waals surface area contributed by atoms with Crippen molar-refractivity contribution >= 4 is 27.5 Å². The van der Waals surface area contributed by atoms with E-state index >= 15 is 0 Å². The SMILES string of the molecule is CCN(Cc1ccccc1NC(=O)c1cccc(S(=O)(=O)NC(C)C)c1)C(C)=O. The summed E-state index contributed by atoms with van der Waals surface area (Å²) in [6.07, 6.45) is 0. The van der Waals surface area contributed by atoms with Gasteiger partial charge in [-0.1, -0.05) is 24.3 Å². The average molecular weight is 418 g/mol. The molecule has 2 rings (SSSR count). The number of nitrogens with zero attached hydrogens (tertiary/aromatic N) is 1. The Bertz CT molecular complexity index is 987. The molecular formula is C21H27N3O4S. The van der Waals surface area contributed by atoms with Crippen LogP contribution < -0.4 is 10.0 Å².